The first-order valence-corrected chi connectivity index (χ1v) is 5.25. The fourth-order valence-electron chi connectivity index (χ4n) is 1.19. The van der Waals surface area contributed by atoms with Crippen molar-refractivity contribution < 1.29 is 19.5 Å². The summed E-state index contributed by atoms with van der Waals surface area (Å²) in [7, 11) is 1.48. The van der Waals surface area contributed by atoms with Gasteiger partial charge >= 0.3 is 5.97 Å². The Morgan fingerprint density at radius 3 is 2.47 bits per heavy atom. The van der Waals surface area contributed by atoms with E-state index in [9.17, 15) is 9.59 Å². The molecule has 92 valence electrons. The van der Waals surface area contributed by atoms with Crippen LogP contribution in [0.2, 0.25) is 0 Å². The van der Waals surface area contributed by atoms with Crippen LogP contribution in [0.3, 0.4) is 0 Å². The van der Waals surface area contributed by atoms with E-state index in [-0.39, 0.29) is 25.4 Å². The van der Waals surface area contributed by atoms with Gasteiger partial charge in [0, 0.05) is 13.5 Å². The molecule has 0 fully saturated rings. The van der Waals surface area contributed by atoms with E-state index in [0.717, 1.165) is 10.6 Å². The van der Waals surface area contributed by atoms with Crippen molar-refractivity contribution in [2.75, 3.05) is 7.05 Å². The van der Waals surface area contributed by atoms with Crippen LogP contribution < -0.4 is 0 Å². The van der Waals surface area contributed by atoms with Gasteiger partial charge in [-0.15, -0.1) is 0 Å². The van der Waals surface area contributed by atoms with Gasteiger partial charge in [0.1, 0.15) is 6.61 Å². The summed E-state index contributed by atoms with van der Waals surface area (Å²) in [6, 6.07) is 9.42. The molecule has 1 rings (SSSR count). The van der Waals surface area contributed by atoms with E-state index in [1.807, 2.05) is 30.3 Å². The Kier molecular flexibility index (Phi) is 5.16. The number of carboxylic acid groups (broad SMARTS) is 1. The second kappa shape index (κ2) is 6.65. The van der Waals surface area contributed by atoms with E-state index < -0.39 is 5.97 Å². The number of rotatable bonds is 6. The van der Waals surface area contributed by atoms with Crippen LogP contribution in [0.1, 0.15) is 18.4 Å². The maximum absolute atomic E-state index is 11.4. The minimum atomic E-state index is -0.991. The normalized spacial score (nSPS) is 9.94. The zero-order chi connectivity index (χ0) is 12.7. The average molecular weight is 237 g/mol. The van der Waals surface area contributed by atoms with Gasteiger partial charge in [0.05, 0.1) is 6.42 Å². The van der Waals surface area contributed by atoms with Gasteiger partial charge in [-0.1, -0.05) is 30.3 Å². The summed E-state index contributed by atoms with van der Waals surface area (Å²) in [6.07, 6.45) is -0.238. The Morgan fingerprint density at radius 1 is 1.24 bits per heavy atom. The molecule has 1 aromatic rings. The largest absolute Gasteiger partial charge is 0.481 e. The molecule has 0 aliphatic carbocycles. The number of hydrogen-bond donors (Lipinski definition) is 1. The minimum Gasteiger partial charge on any atom is -0.481 e. The van der Waals surface area contributed by atoms with Gasteiger partial charge in [0.25, 0.3) is 0 Å². The molecule has 0 saturated carbocycles. The molecular formula is C12H15NO4. The number of nitrogens with zero attached hydrogens (tertiary/aromatic N) is 1. The predicted molar refractivity (Wildman–Crippen MR) is 60.9 cm³/mol. The fourth-order valence-corrected chi connectivity index (χ4v) is 1.19. The van der Waals surface area contributed by atoms with Gasteiger partial charge in [0.15, 0.2) is 0 Å². The lowest BCUT2D eigenvalue weighted by molar-refractivity contribution is -0.183. The molecule has 1 aromatic carbocycles. The zero-order valence-electron chi connectivity index (χ0n) is 9.63. The highest BCUT2D eigenvalue weighted by molar-refractivity contribution is 5.79. The number of hydroxylamine groups is 2. The summed E-state index contributed by atoms with van der Waals surface area (Å²) in [5.74, 6) is -1.34. The standard InChI is InChI=1S/C12H15NO4/c1-13(11(14)7-8-12(15)16)17-9-10-5-3-2-4-6-10/h2-6H,7-9H2,1H3,(H,15,16). The first-order valence-electron chi connectivity index (χ1n) is 5.25. The Hall–Kier alpha value is -1.88. The van der Waals surface area contributed by atoms with Gasteiger partial charge in [0.2, 0.25) is 5.91 Å². The van der Waals surface area contributed by atoms with E-state index >= 15 is 0 Å². The predicted octanol–water partition coefficient (Wildman–Crippen LogP) is 1.44. The first kappa shape index (κ1) is 13.2. The Bertz CT molecular complexity index is 377. The van der Waals surface area contributed by atoms with Crippen molar-refractivity contribution in [3.05, 3.63) is 35.9 Å². The summed E-state index contributed by atoms with van der Waals surface area (Å²) in [6.45, 7) is 0.288. The number of amides is 1. The third-order valence-electron chi connectivity index (χ3n) is 2.17. The SMILES string of the molecule is CN(OCc1ccccc1)C(=O)CCC(=O)O. The van der Waals surface area contributed by atoms with Gasteiger partial charge in [-0.3, -0.25) is 14.4 Å². The van der Waals surface area contributed by atoms with Crippen LogP contribution in [0.25, 0.3) is 0 Å². The molecule has 5 heteroatoms. The van der Waals surface area contributed by atoms with Crippen LogP contribution in [-0.4, -0.2) is 29.1 Å². The fraction of sp³-hybridized carbons (Fsp3) is 0.333. The van der Waals surface area contributed by atoms with Crippen LogP contribution in [0.15, 0.2) is 30.3 Å². The Morgan fingerprint density at radius 2 is 1.88 bits per heavy atom. The first-order chi connectivity index (χ1) is 8.09. The number of carboxylic acids is 1. The molecule has 0 atom stereocenters. The monoisotopic (exact) mass is 237 g/mol. The smallest absolute Gasteiger partial charge is 0.303 e. The molecule has 1 N–H and O–H groups in total. The molecule has 0 aromatic heterocycles. The van der Waals surface area contributed by atoms with Crippen molar-refractivity contribution in [1.82, 2.24) is 5.06 Å². The van der Waals surface area contributed by atoms with Gasteiger partial charge < -0.3 is 5.11 Å². The molecule has 5 nitrogen and oxygen atoms in total. The average Bonchev–Trinajstić information content (AvgIpc) is 2.34. The van der Waals surface area contributed by atoms with Gasteiger partial charge in [-0.25, -0.2) is 5.06 Å². The number of benzene rings is 1. The highest BCUT2D eigenvalue weighted by atomic mass is 16.7. The minimum absolute atomic E-state index is 0.0549. The van der Waals surface area contributed by atoms with E-state index in [1.165, 1.54) is 7.05 Å². The molecule has 0 heterocycles. The zero-order valence-corrected chi connectivity index (χ0v) is 9.63. The van der Waals surface area contributed by atoms with Crippen LogP contribution >= 0.6 is 0 Å². The number of hydrogen-bond acceptors (Lipinski definition) is 3. The molecule has 0 spiro atoms. The number of carbonyl (C=O) groups excluding carboxylic acids is 1. The van der Waals surface area contributed by atoms with Crippen molar-refractivity contribution >= 4 is 11.9 Å². The summed E-state index contributed by atoms with van der Waals surface area (Å²) >= 11 is 0. The molecule has 1 amide bonds. The van der Waals surface area contributed by atoms with E-state index in [4.69, 9.17) is 9.94 Å². The summed E-state index contributed by atoms with van der Waals surface area (Å²) in [4.78, 5) is 26.9. The Labute approximate surface area is 99.6 Å². The lowest BCUT2D eigenvalue weighted by Gasteiger charge is -2.16. The maximum Gasteiger partial charge on any atom is 0.303 e. The van der Waals surface area contributed by atoms with Crippen molar-refractivity contribution in [1.29, 1.82) is 0 Å². The van der Waals surface area contributed by atoms with Crippen LogP contribution in [-0.2, 0) is 21.0 Å². The van der Waals surface area contributed by atoms with E-state index in [1.54, 1.807) is 0 Å². The van der Waals surface area contributed by atoms with Crippen molar-refractivity contribution in [3.8, 4) is 0 Å². The van der Waals surface area contributed by atoms with Crippen LogP contribution in [0.4, 0.5) is 0 Å². The molecule has 0 saturated heterocycles. The molecule has 0 aliphatic heterocycles. The van der Waals surface area contributed by atoms with Crippen LogP contribution in [0.5, 0.6) is 0 Å². The molecular weight excluding hydrogens is 222 g/mol. The van der Waals surface area contributed by atoms with Crippen molar-refractivity contribution in [2.24, 2.45) is 0 Å². The molecule has 17 heavy (non-hydrogen) atoms. The molecule has 0 radical (unpaired) electrons. The molecule has 0 unspecified atom stereocenters. The number of carbonyl (C=O) groups is 2. The highest BCUT2D eigenvalue weighted by Crippen LogP contribution is 2.03. The molecule has 0 bridgehead atoms. The second-order valence-electron chi connectivity index (χ2n) is 3.54. The molecule has 0 aliphatic rings. The van der Waals surface area contributed by atoms with Crippen LogP contribution in [0, 0.1) is 0 Å². The lowest BCUT2D eigenvalue weighted by Crippen LogP contribution is -2.27. The maximum atomic E-state index is 11.4. The van der Waals surface area contributed by atoms with Crippen molar-refractivity contribution in [3.63, 3.8) is 0 Å². The summed E-state index contributed by atoms with van der Waals surface area (Å²) < 4.78 is 0. The summed E-state index contributed by atoms with van der Waals surface area (Å²) in [5, 5.41) is 9.52. The second-order valence-corrected chi connectivity index (χ2v) is 3.54. The quantitative estimate of drug-likeness (QED) is 0.760. The van der Waals surface area contributed by atoms with E-state index in [2.05, 4.69) is 0 Å². The van der Waals surface area contributed by atoms with Gasteiger partial charge in [-0.05, 0) is 5.56 Å². The lowest BCUT2D eigenvalue weighted by atomic mass is 10.2. The Balaban J connectivity index is 2.31. The number of aliphatic carboxylic acids is 1. The summed E-state index contributed by atoms with van der Waals surface area (Å²) in [5.41, 5.74) is 0.949. The topological polar surface area (TPSA) is 66.8 Å². The van der Waals surface area contributed by atoms with Gasteiger partial charge in [-0.2, -0.15) is 0 Å². The van der Waals surface area contributed by atoms with E-state index in [0.29, 0.717) is 0 Å². The third kappa shape index (κ3) is 5.12. The third-order valence-corrected chi connectivity index (χ3v) is 2.17. The highest BCUT2D eigenvalue weighted by Gasteiger charge is 2.11. The van der Waals surface area contributed by atoms with Crippen molar-refractivity contribution in [2.45, 2.75) is 19.4 Å².